The molecule has 2 atom stereocenters. The van der Waals surface area contributed by atoms with E-state index in [0.29, 0.717) is 25.4 Å². The maximum atomic E-state index is 13.3. The molecule has 0 spiro atoms. The molecule has 0 radical (unpaired) electrons. The Morgan fingerprint density at radius 2 is 1.80 bits per heavy atom. The van der Waals surface area contributed by atoms with Gasteiger partial charge in [-0.1, -0.05) is 40.5 Å². The van der Waals surface area contributed by atoms with Gasteiger partial charge in [0.2, 0.25) is 0 Å². The van der Waals surface area contributed by atoms with Gasteiger partial charge in [-0.15, -0.1) is 11.8 Å². The van der Waals surface area contributed by atoms with Crippen molar-refractivity contribution in [1.82, 2.24) is 0 Å². The van der Waals surface area contributed by atoms with Crippen LogP contribution in [0.3, 0.4) is 0 Å². The number of esters is 1. The highest BCUT2D eigenvalue weighted by Crippen LogP contribution is 2.21. The molecule has 0 amide bonds. The molecule has 0 saturated heterocycles. The van der Waals surface area contributed by atoms with Crippen LogP contribution in [0.4, 0.5) is 4.39 Å². The Bertz CT molecular complexity index is 247. The molecule has 4 heteroatoms. The second kappa shape index (κ2) is 12.5. The van der Waals surface area contributed by atoms with Crippen molar-refractivity contribution < 1.29 is 13.9 Å². The van der Waals surface area contributed by atoms with Gasteiger partial charge >= 0.3 is 5.97 Å². The van der Waals surface area contributed by atoms with Gasteiger partial charge in [-0.25, -0.2) is 4.39 Å². The van der Waals surface area contributed by atoms with Gasteiger partial charge in [-0.3, -0.25) is 4.79 Å². The van der Waals surface area contributed by atoms with Crippen LogP contribution in [-0.2, 0) is 9.53 Å². The molecule has 2 unspecified atom stereocenters. The Hall–Kier alpha value is -0.250. The van der Waals surface area contributed by atoms with Crippen molar-refractivity contribution >= 4 is 17.7 Å². The summed E-state index contributed by atoms with van der Waals surface area (Å²) >= 11 is 1.62. The number of ether oxygens (including phenoxy) is 1. The zero-order valence-corrected chi connectivity index (χ0v) is 14.3. The van der Waals surface area contributed by atoms with E-state index < -0.39 is 6.17 Å². The molecule has 0 rings (SSSR count). The van der Waals surface area contributed by atoms with Crippen LogP contribution in [-0.4, -0.2) is 29.8 Å². The second-order valence-corrected chi connectivity index (χ2v) is 7.01. The molecule has 0 aromatic heterocycles. The Balaban J connectivity index is 3.92. The summed E-state index contributed by atoms with van der Waals surface area (Å²) in [6.45, 7) is 8.63. The number of carbonyl (C=O) groups excluding carboxylic acids is 1. The molecule has 0 aliphatic rings. The molecule has 0 aromatic carbocycles. The third-order valence-corrected chi connectivity index (χ3v) is 4.31. The van der Waals surface area contributed by atoms with Gasteiger partial charge < -0.3 is 4.74 Å². The van der Waals surface area contributed by atoms with E-state index in [1.165, 1.54) is 0 Å². The first-order chi connectivity index (χ1) is 9.51. The average molecular weight is 306 g/mol. The molecule has 0 fully saturated rings. The minimum Gasteiger partial charge on any atom is -0.465 e. The van der Waals surface area contributed by atoms with Crippen LogP contribution in [0.25, 0.3) is 0 Å². The van der Waals surface area contributed by atoms with E-state index >= 15 is 0 Å². The molecule has 0 heterocycles. The average Bonchev–Trinajstić information content (AvgIpc) is 2.39. The van der Waals surface area contributed by atoms with Crippen molar-refractivity contribution in [2.24, 2.45) is 5.92 Å². The van der Waals surface area contributed by atoms with Crippen molar-refractivity contribution in [3.05, 3.63) is 0 Å². The molecule has 0 aromatic rings. The summed E-state index contributed by atoms with van der Waals surface area (Å²) in [5, 5.41) is -0.0806. The van der Waals surface area contributed by atoms with E-state index in [0.717, 1.165) is 31.4 Å². The van der Waals surface area contributed by atoms with Crippen molar-refractivity contribution in [1.29, 1.82) is 0 Å². The fraction of sp³-hybridized carbons (Fsp3) is 0.938. The maximum Gasteiger partial charge on any atom is 0.319 e. The third kappa shape index (κ3) is 10.5. The SMILES string of the molecule is CCCC(F)CCCSC(CCC)C(=O)OCC(C)C. The summed E-state index contributed by atoms with van der Waals surface area (Å²) in [7, 11) is 0. The van der Waals surface area contributed by atoms with Crippen LogP contribution < -0.4 is 0 Å². The van der Waals surface area contributed by atoms with Crippen LogP contribution >= 0.6 is 11.8 Å². The Morgan fingerprint density at radius 1 is 1.15 bits per heavy atom. The molecule has 0 bridgehead atoms. The van der Waals surface area contributed by atoms with Gasteiger partial charge in [-0.05, 0) is 37.4 Å². The first-order valence-electron chi connectivity index (χ1n) is 7.93. The van der Waals surface area contributed by atoms with E-state index in [9.17, 15) is 9.18 Å². The van der Waals surface area contributed by atoms with Crippen LogP contribution in [0.1, 0.15) is 66.2 Å². The molecule has 0 saturated carbocycles. The van der Waals surface area contributed by atoms with Gasteiger partial charge in [0.25, 0.3) is 0 Å². The van der Waals surface area contributed by atoms with Gasteiger partial charge in [-0.2, -0.15) is 0 Å². The minimum absolute atomic E-state index is 0.0806. The topological polar surface area (TPSA) is 26.3 Å². The Labute approximate surface area is 128 Å². The molecule has 0 N–H and O–H groups in total. The summed E-state index contributed by atoms with van der Waals surface area (Å²) in [6, 6.07) is 0. The van der Waals surface area contributed by atoms with Gasteiger partial charge in [0, 0.05) is 0 Å². The zero-order valence-electron chi connectivity index (χ0n) is 13.5. The Morgan fingerprint density at radius 3 is 2.35 bits per heavy atom. The van der Waals surface area contributed by atoms with Crippen LogP contribution in [0.15, 0.2) is 0 Å². The fourth-order valence-electron chi connectivity index (χ4n) is 1.86. The number of hydrogen-bond donors (Lipinski definition) is 0. The van der Waals surface area contributed by atoms with Crippen molar-refractivity contribution in [3.8, 4) is 0 Å². The third-order valence-electron chi connectivity index (χ3n) is 2.96. The van der Waals surface area contributed by atoms with E-state index in [-0.39, 0.29) is 11.2 Å². The molecule has 0 aliphatic carbocycles. The van der Waals surface area contributed by atoms with Crippen LogP contribution in [0.5, 0.6) is 0 Å². The first kappa shape index (κ1) is 19.8. The maximum absolute atomic E-state index is 13.3. The molecule has 120 valence electrons. The number of thioether (sulfide) groups is 1. The lowest BCUT2D eigenvalue weighted by Gasteiger charge is -2.16. The van der Waals surface area contributed by atoms with Crippen LogP contribution in [0.2, 0.25) is 0 Å². The number of carbonyl (C=O) groups is 1. The predicted molar refractivity (Wildman–Crippen MR) is 86.0 cm³/mol. The van der Waals surface area contributed by atoms with Gasteiger partial charge in [0.15, 0.2) is 0 Å². The van der Waals surface area contributed by atoms with Crippen molar-refractivity contribution in [3.63, 3.8) is 0 Å². The lowest BCUT2D eigenvalue weighted by molar-refractivity contribution is -0.144. The van der Waals surface area contributed by atoms with Crippen LogP contribution in [0, 0.1) is 5.92 Å². The van der Waals surface area contributed by atoms with E-state index in [4.69, 9.17) is 4.74 Å². The highest BCUT2D eigenvalue weighted by Gasteiger charge is 2.20. The van der Waals surface area contributed by atoms with Crippen molar-refractivity contribution in [2.75, 3.05) is 12.4 Å². The summed E-state index contributed by atoms with van der Waals surface area (Å²) in [6.07, 6.45) is 4.13. The number of hydrogen-bond acceptors (Lipinski definition) is 3. The largest absolute Gasteiger partial charge is 0.465 e. The van der Waals surface area contributed by atoms with E-state index in [1.54, 1.807) is 11.8 Å². The lowest BCUT2D eigenvalue weighted by Crippen LogP contribution is -2.22. The molecular formula is C16H31FO2S. The van der Waals surface area contributed by atoms with E-state index in [1.807, 2.05) is 20.8 Å². The van der Waals surface area contributed by atoms with E-state index in [2.05, 4.69) is 6.92 Å². The van der Waals surface area contributed by atoms with Gasteiger partial charge in [0.1, 0.15) is 11.4 Å². The zero-order chi connectivity index (χ0) is 15.4. The molecule has 20 heavy (non-hydrogen) atoms. The summed E-state index contributed by atoms with van der Waals surface area (Å²) in [4.78, 5) is 12.0. The Kier molecular flexibility index (Phi) is 12.3. The minimum atomic E-state index is -0.682. The summed E-state index contributed by atoms with van der Waals surface area (Å²) in [5.41, 5.74) is 0. The van der Waals surface area contributed by atoms with Gasteiger partial charge in [0.05, 0.1) is 6.61 Å². The standard InChI is InChI=1S/C16H31FO2S/c1-5-8-14(17)10-7-11-20-15(9-6-2)16(18)19-12-13(3)4/h13-15H,5-12H2,1-4H3. The number of rotatable bonds is 12. The number of halogens is 1. The summed E-state index contributed by atoms with van der Waals surface area (Å²) < 4.78 is 18.6. The van der Waals surface area contributed by atoms with Crippen molar-refractivity contribution in [2.45, 2.75) is 77.6 Å². The number of alkyl halides is 1. The smallest absolute Gasteiger partial charge is 0.319 e. The second-order valence-electron chi connectivity index (χ2n) is 5.70. The predicted octanol–water partition coefficient (Wildman–Crippen LogP) is 5.01. The first-order valence-corrected chi connectivity index (χ1v) is 8.98. The molecule has 0 aliphatic heterocycles. The normalized spacial score (nSPS) is 14.3. The monoisotopic (exact) mass is 306 g/mol. The fourth-order valence-corrected chi connectivity index (χ4v) is 3.09. The quantitative estimate of drug-likeness (QED) is 0.375. The highest BCUT2D eigenvalue weighted by atomic mass is 32.2. The highest BCUT2D eigenvalue weighted by molar-refractivity contribution is 8.00. The molecule has 2 nitrogen and oxygen atoms in total. The summed E-state index contributed by atoms with van der Waals surface area (Å²) in [5.74, 6) is 1.11. The lowest BCUT2D eigenvalue weighted by atomic mass is 10.1. The molecular weight excluding hydrogens is 275 g/mol.